The van der Waals surface area contributed by atoms with Gasteiger partial charge in [-0.1, -0.05) is 163 Å². The predicted molar refractivity (Wildman–Crippen MR) is 220 cm³/mol. The molecule has 0 aliphatic rings. The Hall–Kier alpha value is -2.48. The van der Waals surface area contributed by atoms with Crippen LogP contribution in [0.25, 0.3) is 0 Å². The second-order valence-corrected chi connectivity index (χ2v) is 15.0. The van der Waals surface area contributed by atoms with Crippen molar-refractivity contribution in [1.29, 1.82) is 0 Å². The molecule has 0 bridgehead atoms. The fourth-order valence-electron chi connectivity index (χ4n) is 5.53. The summed E-state index contributed by atoms with van der Waals surface area (Å²) in [5.41, 5.74) is 0. The SMILES string of the molecule is CC/C=C\C/C=C\C/C=C\C/C=C\CCCCCCCCCCCCC(=O)NC(CS(=O)(=O)O)C(O)/C=C/CC/C=C/CC/C=C/CCCCC. The lowest BCUT2D eigenvalue weighted by Gasteiger charge is -2.21. The van der Waals surface area contributed by atoms with Crippen molar-refractivity contribution < 1.29 is 22.9 Å². The average molecular weight is 730 g/mol. The van der Waals surface area contributed by atoms with Crippen LogP contribution in [0.5, 0.6) is 0 Å². The highest BCUT2D eigenvalue weighted by molar-refractivity contribution is 7.85. The van der Waals surface area contributed by atoms with Crippen molar-refractivity contribution in [2.45, 2.75) is 180 Å². The van der Waals surface area contributed by atoms with Gasteiger partial charge in [0.25, 0.3) is 10.1 Å². The van der Waals surface area contributed by atoms with E-state index in [4.69, 9.17) is 0 Å². The van der Waals surface area contributed by atoms with Gasteiger partial charge < -0.3 is 10.4 Å². The Kier molecular flexibility index (Phi) is 35.5. The Bertz CT molecular complexity index is 1120. The quantitative estimate of drug-likeness (QED) is 0.0342. The third-order valence-corrected chi connectivity index (χ3v) is 9.31. The fraction of sp³-hybridized carbons (Fsp3) is 0.659. The van der Waals surface area contributed by atoms with E-state index in [2.05, 4.69) is 92.1 Å². The van der Waals surface area contributed by atoms with E-state index in [1.54, 1.807) is 6.08 Å². The van der Waals surface area contributed by atoms with E-state index in [0.29, 0.717) is 12.8 Å². The molecule has 2 atom stereocenters. The van der Waals surface area contributed by atoms with Crippen molar-refractivity contribution >= 4 is 16.0 Å². The molecular formula is C44H75NO5S. The second-order valence-electron chi connectivity index (χ2n) is 13.5. The molecule has 0 saturated carbocycles. The second kappa shape index (κ2) is 37.3. The molecule has 0 heterocycles. The molecule has 0 rings (SSSR count). The lowest BCUT2D eigenvalue weighted by molar-refractivity contribution is -0.122. The lowest BCUT2D eigenvalue weighted by atomic mass is 10.0. The first-order chi connectivity index (χ1) is 24.8. The zero-order valence-corrected chi connectivity index (χ0v) is 33.3. The number of nitrogens with one attached hydrogen (secondary N) is 1. The Morgan fingerprint density at radius 3 is 1.47 bits per heavy atom. The minimum Gasteiger partial charge on any atom is -0.387 e. The van der Waals surface area contributed by atoms with Crippen LogP contribution in [0.1, 0.15) is 168 Å². The van der Waals surface area contributed by atoms with Crippen molar-refractivity contribution in [2.24, 2.45) is 0 Å². The molecule has 0 aliphatic heterocycles. The van der Waals surface area contributed by atoms with Gasteiger partial charge in [-0.05, 0) is 83.5 Å². The Morgan fingerprint density at radius 1 is 0.549 bits per heavy atom. The lowest BCUT2D eigenvalue weighted by Crippen LogP contribution is -2.46. The monoisotopic (exact) mass is 730 g/mol. The van der Waals surface area contributed by atoms with E-state index in [0.717, 1.165) is 77.0 Å². The molecule has 0 radical (unpaired) electrons. The maximum Gasteiger partial charge on any atom is 0.267 e. The van der Waals surface area contributed by atoms with Gasteiger partial charge in [0.2, 0.25) is 5.91 Å². The topological polar surface area (TPSA) is 104 Å². The number of amides is 1. The third-order valence-electron chi connectivity index (χ3n) is 8.53. The molecule has 0 fully saturated rings. The van der Waals surface area contributed by atoms with Crippen LogP contribution >= 0.6 is 0 Å². The van der Waals surface area contributed by atoms with Gasteiger partial charge in [0.05, 0.1) is 17.9 Å². The van der Waals surface area contributed by atoms with Gasteiger partial charge in [-0.15, -0.1) is 0 Å². The minimum atomic E-state index is -4.36. The summed E-state index contributed by atoms with van der Waals surface area (Å²) in [5.74, 6) is -1.02. The molecule has 51 heavy (non-hydrogen) atoms. The molecule has 0 aliphatic carbocycles. The number of carbonyl (C=O) groups excluding carboxylic acids is 1. The van der Waals surface area contributed by atoms with Gasteiger partial charge in [-0.3, -0.25) is 9.35 Å². The highest BCUT2D eigenvalue weighted by Gasteiger charge is 2.24. The number of allylic oxidation sites excluding steroid dienone is 13. The molecular weight excluding hydrogens is 655 g/mol. The third kappa shape index (κ3) is 38.6. The molecule has 0 aromatic heterocycles. The first kappa shape index (κ1) is 48.5. The van der Waals surface area contributed by atoms with Gasteiger partial charge in [-0.25, -0.2) is 0 Å². The summed E-state index contributed by atoms with van der Waals surface area (Å²) in [6, 6.07) is -1.09. The normalized spacial score (nSPS) is 14.2. The summed E-state index contributed by atoms with van der Waals surface area (Å²) in [4.78, 5) is 12.5. The summed E-state index contributed by atoms with van der Waals surface area (Å²) in [5, 5.41) is 13.2. The van der Waals surface area contributed by atoms with Crippen LogP contribution in [0.2, 0.25) is 0 Å². The molecule has 7 heteroatoms. The van der Waals surface area contributed by atoms with Crippen LogP contribution < -0.4 is 5.32 Å². The van der Waals surface area contributed by atoms with Crippen molar-refractivity contribution in [1.82, 2.24) is 5.32 Å². The Morgan fingerprint density at radius 2 is 0.961 bits per heavy atom. The predicted octanol–water partition coefficient (Wildman–Crippen LogP) is 12.0. The molecule has 292 valence electrons. The number of carbonyl (C=O) groups is 1. The van der Waals surface area contributed by atoms with E-state index in [1.165, 1.54) is 63.9 Å². The highest BCUT2D eigenvalue weighted by atomic mass is 32.2. The van der Waals surface area contributed by atoms with E-state index in [-0.39, 0.29) is 12.3 Å². The van der Waals surface area contributed by atoms with Crippen molar-refractivity contribution in [3.63, 3.8) is 0 Å². The Labute approximate surface area is 314 Å². The maximum atomic E-state index is 12.5. The van der Waals surface area contributed by atoms with E-state index in [9.17, 15) is 22.9 Å². The molecule has 0 aromatic carbocycles. The summed E-state index contributed by atoms with van der Waals surface area (Å²) in [6.45, 7) is 4.37. The van der Waals surface area contributed by atoms with Gasteiger partial charge in [0.15, 0.2) is 0 Å². The van der Waals surface area contributed by atoms with E-state index in [1.807, 2.05) is 0 Å². The van der Waals surface area contributed by atoms with Crippen molar-refractivity contribution in [3.05, 3.63) is 85.1 Å². The molecule has 2 unspecified atom stereocenters. The van der Waals surface area contributed by atoms with Crippen LogP contribution in [0.4, 0.5) is 0 Å². The number of rotatable bonds is 35. The summed E-state index contributed by atoms with van der Waals surface area (Å²) >= 11 is 0. The van der Waals surface area contributed by atoms with Crippen LogP contribution in [0.15, 0.2) is 85.1 Å². The fourth-order valence-corrected chi connectivity index (χ4v) is 6.26. The number of hydrogen-bond acceptors (Lipinski definition) is 4. The van der Waals surface area contributed by atoms with Crippen molar-refractivity contribution in [3.8, 4) is 0 Å². The van der Waals surface area contributed by atoms with E-state index >= 15 is 0 Å². The summed E-state index contributed by atoms with van der Waals surface area (Å²) in [7, 11) is -4.36. The number of unbranched alkanes of at least 4 members (excludes halogenated alkanes) is 15. The average Bonchev–Trinajstić information content (AvgIpc) is 3.09. The smallest absolute Gasteiger partial charge is 0.267 e. The number of aliphatic hydroxyl groups is 1. The molecule has 6 nitrogen and oxygen atoms in total. The van der Waals surface area contributed by atoms with Gasteiger partial charge in [0.1, 0.15) is 0 Å². The van der Waals surface area contributed by atoms with Crippen LogP contribution in [0, 0.1) is 0 Å². The summed E-state index contributed by atoms with van der Waals surface area (Å²) < 4.78 is 32.4. The molecule has 0 saturated heterocycles. The van der Waals surface area contributed by atoms with Crippen LogP contribution in [0.3, 0.4) is 0 Å². The Balaban J connectivity index is 3.95. The first-order valence-electron chi connectivity index (χ1n) is 20.3. The number of aliphatic hydroxyl groups excluding tert-OH is 1. The highest BCUT2D eigenvalue weighted by Crippen LogP contribution is 2.13. The molecule has 0 aromatic rings. The van der Waals surface area contributed by atoms with Gasteiger partial charge in [0, 0.05) is 6.42 Å². The van der Waals surface area contributed by atoms with Gasteiger partial charge >= 0.3 is 0 Å². The summed E-state index contributed by atoms with van der Waals surface area (Å²) in [6.07, 6.45) is 54.3. The minimum absolute atomic E-state index is 0.274. The zero-order chi connectivity index (χ0) is 37.5. The largest absolute Gasteiger partial charge is 0.387 e. The van der Waals surface area contributed by atoms with Crippen LogP contribution in [-0.4, -0.2) is 41.9 Å². The molecule has 0 spiro atoms. The van der Waals surface area contributed by atoms with Crippen molar-refractivity contribution in [2.75, 3.05) is 5.75 Å². The number of hydrogen-bond donors (Lipinski definition) is 3. The zero-order valence-electron chi connectivity index (χ0n) is 32.4. The van der Waals surface area contributed by atoms with E-state index < -0.39 is 28.0 Å². The molecule has 3 N–H and O–H groups in total. The van der Waals surface area contributed by atoms with Crippen LogP contribution in [-0.2, 0) is 14.9 Å². The standard InChI is InChI=1S/C44H75NO5S/c1-3-5-7-9-11-13-15-17-18-19-20-21-22-23-24-25-26-28-30-32-34-36-38-40-44(47)45-42(41-51(48,49)50)43(46)39-37-35-33-31-29-27-16-14-12-10-8-6-4-2/h5,7,11-14,17-18,20-21,29,31,37,39,42-43,46H,3-4,6,8-10,15-16,19,22-28,30,32-36,38,40-41H2,1-2H3,(H,45,47)(H,48,49,50)/b7-5-,13-11-,14-12+,18-17-,21-20-,31-29+,39-37+. The molecule has 1 amide bonds. The first-order valence-corrected chi connectivity index (χ1v) is 21.9. The maximum absolute atomic E-state index is 12.5. The van der Waals surface area contributed by atoms with Gasteiger partial charge in [-0.2, -0.15) is 8.42 Å².